The zero-order valence-electron chi connectivity index (χ0n) is 14.5. The summed E-state index contributed by atoms with van der Waals surface area (Å²) in [6.45, 7) is 0. The van der Waals surface area contributed by atoms with E-state index in [-0.39, 0.29) is 16.6 Å². The monoisotopic (exact) mass is 381 g/mol. The van der Waals surface area contributed by atoms with Gasteiger partial charge in [-0.3, -0.25) is 9.52 Å². The molecule has 3 aromatic rings. The van der Waals surface area contributed by atoms with Crippen LogP contribution in [-0.2, 0) is 21.2 Å². The van der Waals surface area contributed by atoms with E-state index in [0.717, 1.165) is 5.56 Å². The first-order chi connectivity index (χ1) is 13.0. The summed E-state index contributed by atoms with van der Waals surface area (Å²) in [6.07, 6.45) is 2.50. The Hall–Kier alpha value is -3.19. The molecule has 0 saturated carbocycles. The molecule has 0 saturated heterocycles. The molecule has 0 atom stereocenters. The van der Waals surface area contributed by atoms with E-state index in [1.165, 1.54) is 18.3 Å². The average molecular weight is 381 g/mol. The number of hydrogen-bond acceptors (Lipinski definition) is 4. The Morgan fingerprint density at radius 1 is 0.889 bits per heavy atom. The SMILES string of the molecule is O=C(CCc1ccccc1)Nc1ccc(S(=O)(=O)Nc2ccccn2)cc1. The molecule has 0 spiro atoms. The summed E-state index contributed by atoms with van der Waals surface area (Å²) >= 11 is 0. The van der Waals surface area contributed by atoms with Crippen molar-refractivity contribution in [2.45, 2.75) is 17.7 Å². The number of nitrogens with zero attached hydrogens (tertiary/aromatic N) is 1. The molecule has 0 radical (unpaired) electrons. The second-order valence-corrected chi connectivity index (χ2v) is 7.56. The first kappa shape index (κ1) is 18.6. The number of pyridine rings is 1. The molecule has 0 aliphatic heterocycles. The molecular formula is C20H19N3O3S. The van der Waals surface area contributed by atoms with Crippen LogP contribution in [0.15, 0.2) is 83.9 Å². The zero-order chi connectivity index (χ0) is 19.1. The van der Waals surface area contributed by atoms with Gasteiger partial charge in [0.25, 0.3) is 10.0 Å². The Labute approximate surface area is 158 Å². The number of aromatic nitrogens is 1. The molecular weight excluding hydrogens is 362 g/mol. The lowest BCUT2D eigenvalue weighted by molar-refractivity contribution is -0.116. The van der Waals surface area contributed by atoms with Crippen LogP contribution in [0.5, 0.6) is 0 Å². The van der Waals surface area contributed by atoms with E-state index in [4.69, 9.17) is 0 Å². The minimum Gasteiger partial charge on any atom is -0.326 e. The van der Waals surface area contributed by atoms with Crippen molar-refractivity contribution in [2.75, 3.05) is 10.0 Å². The summed E-state index contributed by atoms with van der Waals surface area (Å²) in [6, 6.07) is 20.7. The number of anilines is 2. The Morgan fingerprint density at radius 3 is 2.26 bits per heavy atom. The number of nitrogens with one attached hydrogen (secondary N) is 2. The van der Waals surface area contributed by atoms with Crippen molar-refractivity contribution in [1.82, 2.24) is 4.98 Å². The number of carbonyl (C=O) groups excluding carboxylic acids is 1. The third kappa shape index (κ3) is 5.39. The molecule has 6 nitrogen and oxygen atoms in total. The molecule has 0 aliphatic rings. The van der Waals surface area contributed by atoms with Gasteiger partial charge in [0.15, 0.2) is 0 Å². The smallest absolute Gasteiger partial charge is 0.263 e. The second-order valence-electron chi connectivity index (χ2n) is 5.88. The van der Waals surface area contributed by atoms with Crippen molar-refractivity contribution in [3.05, 3.63) is 84.6 Å². The van der Waals surface area contributed by atoms with E-state index in [1.807, 2.05) is 30.3 Å². The number of hydrogen-bond donors (Lipinski definition) is 2. The van der Waals surface area contributed by atoms with Gasteiger partial charge >= 0.3 is 0 Å². The highest BCUT2D eigenvalue weighted by molar-refractivity contribution is 7.92. The minimum absolute atomic E-state index is 0.0930. The predicted molar refractivity (Wildman–Crippen MR) is 105 cm³/mol. The second kappa shape index (κ2) is 8.46. The van der Waals surface area contributed by atoms with E-state index >= 15 is 0 Å². The molecule has 1 amide bonds. The van der Waals surface area contributed by atoms with E-state index < -0.39 is 10.0 Å². The maximum atomic E-state index is 12.4. The molecule has 138 valence electrons. The van der Waals surface area contributed by atoms with Crippen LogP contribution in [0.3, 0.4) is 0 Å². The molecule has 2 N–H and O–H groups in total. The molecule has 7 heteroatoms. The van der Waals surface area contributed by atoms with Crippen LogP contribution in [0, 0.1) is 0 Å². The number of carbonyl (C=O) groups is 1. The zero-order valence-corrected chi connectivity index (χ0v) is 15.3. The lowest BCUT2D eigenvalue weighted by Crippen LogP contribution is -2.15. The Kier molecular flexibility index (Phi) is 5.83. The Balaban J connectivity index is 1.59. The third-order valence-corrected chi connectivity index (χ3v) is 5.21. The van der Waals surface area contributed by atoms with Gasteiger partial charge in [0, 0.05) is 18.3 Å². The molecule has 0 aliphatic carbocycles. The summed E-state index contributed by atoms with van der Waals surface area (Å²) in [5.74, 6) is 0.122. The summed E-state index contributed by atoms with van der Waals surface area (Å²) in [7, 11) is -3.73. The first-order valence-corrected chi connectivity index (χ1v) is 9.89. The van der Waals surface area contributed by atoms with Gasteiger partial charge in [0.1, 0.15) is 5.82 Å². The fourth-order valence-electron chi connectivity index (χ4n) is 2.46. The number of amides is 1. The van der Waals surface area contributed by atoms with Crippen LogP contribution in [0.1, 0.15) is 12.0 Å². The normalized spacial score (nSPS) is 11.0. The number of sulfonamides is 1. The van der Waals surface area contributed by atoms with Gasteiger partial charge < -0.3 is 5.32 Å². The molecule has 1 heterocycles. The van der Waals surface area contributed by atoms with Crippen LogP contribution in [0.25, 0.3) is 0 Å². The molecule has 3 rings (SSSR count). The fraction of sp³-hybridized carbons (Fsp3) is 0.100. The van der Waals surface area contributed by atoms with E-state index in [0.29, 0.717) is 18.5 Å². The maximum absolute atomic E-state index is 12.4. The highest BCUT2D eigenvalue weighted by atomic mass is 32.2. The first-order valence-electron chi connectivity index (χ1n) is 8.41. The average Bonchev–Trinajstić information content (AvgIpc) is 2.68. The minimum atomic E-state index is -3.73. The van der Waals surface area contributed by atoms with Crippen LogP contribution < -0.4 is 10.0 Å². The Bertz CT molecular complexity index is 990. The van der Waals surface area contributed by atoms with Gasteiger partial charge in [-0.1, -0.05) is 36.4 Å². The molecule has 1 aromatic heterocycles. The van der Waals surface area contributed by atoms with Crippen molar-refractivity contribution in [3.63, 3.8) is 0 Å². The molecule has 27 heavy (non-hydrogen) atoms. The van der Waals surface area contributed by atoms with Gasteiger partial charge in [-0.15, -0.1) is 0 Å². The van der Waals surface area contributed by atoms with Crippen LogP contribution in [0.4, 0.5) is 11.5 Å². The quantitative estimate of drug-likeness (QED) is 0.656. The Morgan fingerprint density at radius 2 is 1.59 bits per heavy atom. The summed E-state index contributed by atoms with van der Waals surface area (Å²) in [5, 5.41) is 2.77. The van der Waals surface area contributed by atoms with Gasteiger partial charge in [-0.2, -0.15) is 0 Å². The highest BCUT2D eigenvalue weighted by Crippen LogP contribution is 2.17. The lowest BCUT2D eigenvalue weighted by Gasteiger charge is -2.09. The van der Waals surface area contributed by atoms with Crippen molar-refractivity contribution >= 4 is 27.4 Å². The lowest BCUT2D eigenvalue weighted by atomic mass is 10.1. The standard InChI is InChI=1S/C20H19N3O3S/c24-20(14-9-16-6-2-1-3-7-16)22-17-10-12-18(13-11-17)27(25,26)23-19-8-4-5-15-21-19/h1-8,10-13,15H,9,14H2,(H,21,23)(H,22,24). The fourth-order valence-corrected chi connectivity index (χ4v) is 3.47. The van der Waals surface area contributed by atoms with Gasteiger partial charge in [-0.05, 0) is 48.4 Å². The van der Waals surface area contributed by atoms with E-state index in [2.05, 4.69) is 15.0 Å². The van der Waals surface area contributed by atoms with Crippen LogP contribution in [0.2, 0.25) is 0 Å². The van der Waals surface area contributed by atoms with Crippen molar-refractivity contribution in [2.24, 2.45) is 0 Å². The maximum Gasteiger partial charge on any atom is 0.263 e. The number of rotatable bonds is 7. The summed E-state index contributed by atoms with van der Waals surface area (Å²) < 4.78 is 27.1. The molecule has 0 fully saturated rings. The van der Waals surface area contributed by atoms with Crippen LogP contribution >= 0.6 is 0 Å². The highest BCUT2D eigenvalue weighted by Gasteiger charge is 2.14. The number of benzene rings is 2. The topological polar surface area (TPSA) is 88.2 Å². The van der Waals surface area contributed by atoms with Gasteiger partial charge in [-0.25, -0.2) is 13.4 Å². The van der Waals surface area contributed by atoms with Crippen molar-refractivity contribution < 1.29 is 13.2 Å². The molecule has 0 bridgehead atoms. The third-order valence-electron chi connectivity index (χ3n) is 3.84. The van der Waals surface area contributed by atoms with E-state index in [1.54, 1.807) is 30.3 Å². The largest absolute Gasteiger partial charge is 0.326 e. The number of aryl methyl sites for hydroxylation is 1. The summed E-state index contributed by atoms with van der Waals surface area (Å²) in [5.41, 5.74) is 1.64. The molecule has 0 unspecified atom stereocenters. The van der Waals surface area contributed by atoms with Gasteiger partial charge in [0.05, 0.1) is 4.90 Å². The predicted octanol–water partition coefficient (Wildman–Crippen LogP) is 3.45. The van der Waals surface area contributed by atoms with Crippen molar-refractivity contribution in [1.29, 1.82) is 0 Å². The van der Waals surface area contributed by atoms with E-state index in [9.17, 15) is 13.2 Å². The van der Waals surface area contributed by atoms with Crippen molar-refractivity contribution in [3.8, 4) is 0 Å². The summed E-state index contributed by atoms with van der Waals surface area (Å²) in [4.78, 5) is 16.1. The molecule has 2 aromatic carbocycles. The van der Waals surface area contributed by atoms with Gasteiger partial charge in [0.2, 0.25) is 5.91 Å². The van der Waals surface area contributed by atoms with Crippen LogP contribution in [-0.4, -0.2) is 19.3 Å².